The summed E-state index contributed by atoms with van der Waals surface area (Å²) in [6.07, 6.45) is 0. The van der Waals surface area contributed by atoms with E-state index < -0.39 is 18.0 Å². The Kier molecular flexibility index (Phi) is 9.77. The van der Waals surface area contributed by atoms with E-state index in [1.165, 1.54) is 32.0 Å². The predicted octanol–water partition coefficient (Wildman–Crippen LogP) is 5.65. The first-order valence-corrected chi connectivity index (χ1v) is 13.0. The Morgan fingerprint density at radius 3 is 2.61 bits per heavy atom. The number of phenolic OH excluding ortho intramolecular Hbond substituents is 1. The number of hydrogen-bond donors (Lipinski definition) is 3. The number of anilines is 1. The number of aromatic hydroxyl groups is 1. The Balaban J connectivity index is 1.81. The maximum atomic E-state index is 12.9. The van der Waals surface area contributed by atoms with Crippen LogP contribution in [0.2, 0.25) is 5.02 Å². The second-order valence-corrected chi connectivity index (χ2v) is 9.94. The lowest BCUT2D eigenvalue weighted by atomic mass is 10.1. The van der Waals surface area contributed by atoms with Crippen molar-refractivity contribution in [2.24, 2.45) is 0 Å². The molecule has 1 unspecified atom stereocenters. The molecular weight excluding hydrogens is 596 g/mol. The molecule has 1 heterocycles. The van der Waals surface area contributed by atoms with Gasteiger partial charge in [-0.3, -0.25) is 4.31 Å². The minimum absolute atomic E-state index is 0.134. The van der Waals surface area contributed by atoms with Gasteiger partial charge in [0, 0.05) is 33.8 Å². The molecule has 0 saturated heterocycles. The van der Waals surface area contributed by atoms with Crippen LogP contribution in [0.5, 0.6) is 11.5 Å². The third-order valence-corrected chi connectivity index (χ3v) is 7.42. The lowest BCUT2D eigenvalue weighted by Crippen LogP contribution is -2.32. The molecule has 3 rings (SSSR count). The number of aromatic nitrogens is 2. The molecule has 0 saturated carbocycles. The summed E-state index contributed by atoms with van der Waals surface area (Å²) in [5.41, 5.74) is 0.985. The summed E-state index contributed by atoms with van der Waals surface area (Å²) in [5, 5.41) is 17.6. The number of nitrogens with one attached hydrogen (secondary N) is 1. The number of benzene rings is 2. The quantitative estimate of drug-likeness (QED) is 0.206. The number of thiol groups is 1. The molecule has 0 bridgehead atoms. The van der Waals surface area contributed by atoms with Gasteiger partial charge in [-0.15, -0.1) is 0 Å². The summed E-state index contributed by atoms with van der Waals surface area (Å²) < 4.78 is 16.9. The molecule has 10 nitrogen and oxygen atoms in total. The molecular formula is C22H22BrClN4O6S2. The van der Waals surface area contributed by atoms with Gasteiger partial charge in [0.15, 0.2) is 5.82 Å². The number of carbonyl (C=O) groups excluding carboxylic acids is 2. The molecule has 14 heteroatoms. The van der Waals surface area contributed by atoms with E-state index in [1.807, 2.05) is 0 Å². The molecule has 2 amide bonds. The first-order chi connectivity index (χ1) is 17.2. The van der Waals surface area contributed by atoms with Crippen molar-refractivity contribution >= 4 is 69.8 Å². The molecule has 0 fully saturated rings. The van der Waals surface area contributed by atoms with Gasteiger partial charge in [-0.25, -0.2) is 9.59 Å². The predicted molar refractivity (Wildman–Crippen MR) is 143 cm³/mol. The van der Waals surface area contributed by atoms with Crippen molar-refractivity contribution in [3.63, 3.8) is 0 Å². The number of hydrogen-bond acceptors (Lipinski definition) is 10. The number of rotatable bonds is 9. The van der Waals surface area contributed by atoms with Crippen LogP contribution in [0.4, 0.5) is 10.5 Å². The zero-order valence-corrected chi connectivity index (χ0v) is 23.4. The highest BCUT2D eigenvalue weighted by Gasteiger charge is 2.29. The number of urea groups is 1. The zero-order chi connectivity index (χ0) is 26.4. The molecule has 0 radical (unpaired) electrons. The monoisotopic (exact) mass is 616 g/mol. The number of halogens is 2. The van der Waals surface area contributed by atoms with E-state index in [1.54, 1.807) is 31.2 Å². The summed E-state index contributed by atoms with van der Waals surface area (Å²) in [5.74, 6) is 0.483. The van der Waals surface area contributed by atoms with Crippen molar-refractivity contribution in [2.75, 3.05) is 25.3 Å². The normalized spacial score (nSPS) is 11.6. The van der Waals surface area contributed by atoms with Crippen LogP contribution in [-0.2, 0) is 10.5 Å². The molecule has 0 spiro atoms. The van der Waals surface area contributed by atoms with Gasteiger partial charge < -0.3 is 24.4 Å². The molecule has 0 aliphatic carbocycles. The highest BCUT2D eigenvalue weighted by Crippen LogP contribution is 2.40. The van der Waals surface area contributed by atoms with Gasteiger partial charge >= 0.3 is 12.0 Å². The molecule has 2 N–H and O–H groups in total. The van der Waals surface area contributed by atoms with Crippen LogP contribution in [0, 0.1) is 6.92 Å². The standard InChI is InChI=1S/C22H22BrClN4O6S2/c1-11-25-20(34-27-11)15(28(35)22(31)26-13-6-4-12(24)5-7-13)10-36-9-14-16(29)8-17(32-2)19(23)18(14)21(30)33-3/h4-8,15,29,35H,9-10H2,1-3H3,(H,26,31). The Bertz CT molecular complexity index is 1240. The van der Waals surface area contributed by atoms with E-state index >= 15 is 0 Å². The van der Waals surface area contributed by atoms with Crippen molar-refractivity contribution in [1.82, 2.24) is 14.4 Å². The van der Waals surface area contributed by atoms with Crippen LogP contribution in [0.25, 0.3) is 0 Å². The lowest BCUT2D eigenvalue weighted by molar-refractivity contribution is 0.0597. The average molecular weight is 618 g/mol. The number of ether oxygens (including phenoxy) is 2. The van der Waals surface area contributed by atoms with Crippen molar-refractivity contribution in [1.29, 1.82) is 0 Å². The van der Waals surface area contributed by atoms with E-state index in [2.05, 4.69) is 44.2 Å². The number of thioether (sulfide) groups is 1. The van der Waals surface area contributed by atoms with Crippen molar-refractivity contribution < 1.29 is 28.7 Å². The van der Waals surface area contributed by atoms with E-state index in [9.17, 15) is 14.7 Å². The molecule has 36 heavy (non-hydrogen) atoms. The topological polar surface area (TPSA) is 127 Å². The van der Waals surface area contributed by atoms with Gasteiger partial charge in [0.2, 0.25) is 0 Å². The molecule has 2 aromatic carbocycles. The van der Waals surface area contributed by atoms with Crippen LogP contribution in [0.3, 0.4) is 0 Å². The first-order valence-electron chi connectivity index (χ1n) is 10.3. The number of nitrogens with zero attached hydrogens (tertiary/aromatic N) is 3. The third-order valence-electron chi connectivity index (χ3n) is 4.87. The number of phenols is 1. The minimum atomic E-state index is -0.739. The highest BCUT2D eigenvalue weighted by atomic mass is 79.9. The van der Waals surface area contributed by atoms with Crippen LogP contribution in [0.1, 0.15) is 33.7 Å². The summed E-state index contributed by atoms with van der Waals surface area (Å²) in [6.45, 7) is 1.66. The van der Waals surface area contributed by atoms with Crippen molar-refractivity contribution in [3.05, 3.63) is 62.7 Å². The fourth-order valence-electron chi connectivity index (χ4n) is 3.09. The van der Waals surface area contributed by atoms with Gasteiger partial charge in [0.1, 0.15) is 17.5 Å². The Hall–Kier alpha value is -2.61. The molecule has 1 aromatic heterocycles. The fourth-order valence-corrected chi connectivity index (χ4v) is 5.36. The van der Waals surface area contributed by atoms with Gasteiger partial charge in [-0.1, -0.05) is 29.6 Å². The number of esters is 1. The maximum absolute atomic E-state index is 12.9. The molecule has 192 valence electrons. The minimum Gasteiger partial charge on any atom is -0.507 e. The molecule has 0 aliphatic rings. The van der Waals surface area contributed by atoms with Crippen LogP contribution in [-0.4, -0.2) is 51.5 Å². The van der Waals surface area contributed by atoms with E-state index in [0.717, 1.165) is 4.31 Å². The summed E-state index contributed by atoms with van der Waals surface area (Å²) in [7, 11) is 2.66. The van der Waals surface area contributed by atoms with Gasteiger partial charge in [0.25, 0.3) is 5.89 Å². The second-order valence-electron chi connectivity index (χ2n) is 7.25. The summed E-state index contributed by atoms with van der Waals surface area (Å²) in [6, 6.07) is 6.72. The number of amides is 2. The second kappa shape index (κ2) is 12.6. The molecule has 1 atom stereocenters. The average Bonchev–Trinajstić information content (AvgIpc) is 3.29. The first kappa shape index (κ1) is 28.0. The van der Waals surface area contributed by atoms with Gasteiger partial charge in [-0.2, -0.15) is 16.7 Å². The number of methoxy groups -OCH3 is 2. The van der Waals surface area contributed by atoms with Gasteiger partial charge in [-0.05, 0) is 47.1 Å². The smallest absolute Gasteiger partial charge is 0.339 e. The zero-order valence-electron chi connectivity index (χ0n) is 19.3. The largest absolute Gasteiger partial charge is 0.507 e. The molecule has 3 aromatic rings. The van der Waals surface area contributed by atoms with Gasteiger partial charge in [0.05, 0.1) is 24.3 Å². The maximum Gasteiger partial charge on any atom is 0.339 e. The fraction of sp³-hybridized carbons (Fsp3) is 0.273. The van der Waals surface area contributed by atoms with Crippen LogP contribution < -0.4 is 10.1 Å². The van der Waals surface area contributed by atoms with E-state index in [4.69, 9.17) is 25.6 Å². The third kappa shape index (κ3) is 6.58. The van der Waals surface area contributed by atoms with Crippen LogP contribution >= 0.6 is 52.1 Å². The van der Waals surface area contributed by atoms with E-state index in [0.29, 0.717) is 26.6 Å². The molecule has 0 aliphatic heterocycles. The van der Waals surface area contributed by atoms with Crippen LogP contribution in [0.15, 0.2) is 39.3 Å². The van der Waals surface area contributed by atoms with E-state index in [-0.39, 0.29) is 34.5 Å². The Morgan fingerprint density at radius 2 is 2.03 bits per heavy atom. The Morgan fingerprint density at radius 1 is 1.33 bits per heavy atom. The number of aryl methyl sites for hydroxylation is 1. The highest BCUT2D eigenvalue weighted by molar-refractivity contribution is 9.10. The van der Waals surface area contributed by atoms with Crippen molar-refractivity contribution in [3.8, 4) is 11.5 Å². The SMILES string of the molecule is COC(=O)c1c(Br)c(OC)cc(O)c1CSCC(c1nc(C)no1)N(S)C(=O)Nc1ccc(Cl)cc1. The summed E-state index contributed by atoms with van der Waals surface area (Å²) in [4.78, 5) is 29.6. The van der Waals surface area contributed by atoms with Crippen molar-refractivity contribution in [2.45, 2.75) is 18.7 Å². The number of carbonyl (C=O) groups is 2. The Labute approximate surface area is 230 Å². The lowest BCUT2D eigenvalue weighted by Gasteiger charge is -2.24. The summed E-state index contributed by atoms with van der Waals surface area (Å²) >= 11 is 14.9.